The maximum absolute atomic E-state index is 12.2. The smallest absolute Gasteiger partial charge is 0.335 e. The van der Waals surface area contributed by atoms with Crippen molar-refractivity contribution in [1.29, 1.82) is 0 Å². The van der Waals surface area contributed by atoms with E-state index >= 15 is 0 Å². The lowest BCUT2D eigenvalue weighted by molar-refractivity contribution is 0.0691. The first-order valence-corrected chi connectivity index (χ1v) is 11.8. The quantitative estimate of drug-likeness (QED) is 0.586. The van der Waals surface area contributed by atoms with E-state index in [-0.39, 0.29) is 5.41 Å². The van der Waals surface area contributed by atoms with Crippen LogP contribution in [-0.2, 0) is 0 Å². The van der Waals surface area contributed by atoms with Gasteiger partial charge in [-0.05, 0) is 101 Å². The summed E-state index contributed by atoms with van der Waals surface area (Å²) in [5.74, 6) is 1.72. The third kappa shape index (κ3) is 2.22. The van der Waals surface area contributed by atoms with Crippen LogP contribution in [0.3, 0.4) is 0 Å². The zero-order valence-electron chi connectivity index (χ0n) is 19.1. The van der Waals surface area contributed by atoms with Crippen LogP contribution in [-0.4, -0.2) is 11.1 Å². The minimum atomic E-state index is -0.754. The van der Waals surface area contributed by atoms with Crippen LogP contribution in [0.5, 0.6) is 0 Å². The number of benzene rings is 1. The number of fused-ring (bicyclic) bond motifs is 4. The van der Waals surface area contributed by atoms with Gasteiger partial charge in [-0.25, -0.2) is 4.79 Å². The van der Waals surface area contributed by atoms with Gasteiger partial charge in [0.2, 0.25) is 0 Å². The van der Waals surface area contributed by atoms with Crippen molar-refractivity contribution in [1.82, 2.24) is 0 Å². The van der Waals surface area contributed by atoms with Gasteiger partial charge in [0.05, 0.1) is 5.56 Å². The van der Waals surface area contributed by atoms with Gasteiger partial charge >= 0.3 is 5.97 Å². The fraction of sp³-hybridized carbons (Fsp3) is 0.741. The molecule has 0 aliphatic heterocycles. The molecule has 0 amide bonds. The largest absolute Gasteiger partial charge is 0.478 e. The Balaban J connectivity index is 1.60. The molecule has 4 aliphatic carbocycles. The first-order valence-electron chi connectivity index (χ1n) is 11.8. The molecule has 1 aromatic rings. The standard InChI is InChI=1S/C27H38O2/c1-24(2)17-9-11-26(24,5)21(14-17)16-7-8-19(23(28)29)20(13-16)22-15-18-10-12-27(22,6)25(18,3)4/h7-8,13,17-18,21-22H,9-12,14-15H2,1-6H3,(H,28,29). The summed E-state index contributed by atoms with van der Waals surface area (Å²) in [4.78, 5) is 12.2. The molecule has 6 unspecified atom stereocenters. The van der Waals surface area contributed by atoms with Gasteiger partial charge in [0.1, 0.15) is 0 Å². The molecule has 158 valence electrons. The molecule has 0 radical (unpaired) electrons. The molecule has 4 fully saturated rings. The van der Waals surface area contributed by atoms with Crippen LogP contribution in [0.4, 0.5) is 0 Å². The molecule has 4 saturated carbocycles. The van der Waals surface area contributed by atoms with Crippen molar-refractivity contribution in [2.24, 2.45) is 33.5 Å². The number of hydrogen-bond donors (Lipinski definition) is 1. The zero-order chi connectivity index (χ0) is 21.0. The third-order valence-corrected chi connectivity index (χ3v) is 11.7. The topological polar surface area (TPSA) is 37.3 Å². The number of carboxylic acid groups (broad SMARTS) is 1. The second-order valence-electron chi connectivity index (χ2n) is 12.5. The van der Waals surface area contributed by atoms with Crippen molar-refractivity contribution < 1.29 is 9.90 Å². The Bertz CT molecular complexity index is 881. The first kappa shape index (κ1) is 19.6. The predicted molar refractivity (Wildman–Crippen MR) is 117 cm³/mol. The fourth-order valence-electron chi connectivity index (χ4n) is 8.66. The summed E-state index contributed by atoms with van der Waals surface area (Å²) in [6.45, 7) is 14.7. The van der Waals surface area contributed by atoms with Gasteiger partial charge in [0, 0.05) is 0 Å². The van der Waals surface area contributed by atoms with E-state index in [1.807, 2.05) is 6.07 Å². The van der Waals surface area contributed by atoms with Crippen LogP contribution in [0.15, 0.2) is 18.2 Å². The number of carbonyl (C=O) groups is 1. The Kier molecular flexibility index (Phi) is 3.85. The van der Waals surface area contributed by atoms with Gasteiger partial charge in [-0.15, -0.1) is 0 Å². The van der Waals surface area contributed by atoms with Crippen molar-refractivity contribution in [2.45, 2.75) is 91.9 Å². The van der Waals surface area contributed by atoms with Crippen LogP contribution in [0.25, 0.3) is 0 Å². The van der Waals surface area contributed by atoms with Gasteiger partial charge in [-0.2, -0.15) is 0 Å². The predicted octanol–water partition coefficient (Wildman–Crippen LogP) is 7.24. The Morgan fingerprint density at radius 1 is 0.862 bits per heavy atom. The van der Waals surface area contributed by atoms with E-state index in [1.54, 1.807) is 0 Å². The molecule has 0 spiro atoms. The van der Waals surface area contributed by atoms with Crippen LogP contribution in [0.2, 0.25) is 0 Å². The lowest BCUT2D eigenvalue weighted by Gasteiger charge is -2.41. The van der Waals surface area contributed by atoms with E-state index < -0.39 is 5.97 Å². The molecular weight excluding hydrogens is 356 g/mol. The monoisotopic (exact) mass is 394 g/mol. The molecule has 0 heterocycles. The number of hydrogen-bond acceptors (Lipinski definition) is 1. The van der Waals surface area contributed by atoms with Crippen molar-refractivity contribution in [3.63, 3.8) is 0 Å². The maximum atomic E-state index is 12.2. The highest BCUT2D eigenvalue weighted by Gasteiger charge is 2.63. The van der Waals surface area contributed by atoms with Crippen molar-refractivity contribution in [3.8, 4) is 0 Å². The Hall–Kier alpha value is -1.31. The molecule has 0 aromatic heterocycles. The highest BCUT2D eigenvalue weighted by Crippen LogP contribution is 2.73. The lowest BCUT2D eigenvalue weighted by atomic mass is 9.63. The van der Waals surface area contributed by atoms with Gasteiger partial charge in [-0.3, -0.25) is 0 Å². The first-order chi connectivity index (χ1) is 13.4. The molecule has 4 bridgehead atoms. The van der Waals surface area contributed by atoms with E-state index in [0.717, 1.165) is 23.8 Å². The number of rotatable bonds is 3. The summed E-state index contributed by atoms with van der Waals surface area (Å²) in [5, 5.41) is 10.0. The molecule has 0 saturated heterocycles. The van der Waals surface area contributed by atoms with Crippen molar-refractivity contribution in [3.05, 3.63) is 34.9 Å². The average molecular weight is 395 g/mol. The molecule has 2 heteroatoms. The Labute approximate surface area is 176 Å². The normalized spacial score (nSPS) is 43.8. The second-order valence-corrected chi connectivity index (χ2v) is 12.5. The van der Waals surface area contributed by atoms with E-state index in [2.05, 4.69) is 53.7 Å². The van der Waals surface area contributed by atoms with Gasteiger partial charge in [-0.1, -0.05) is 53.7 Å². The maximum Gasteiger partial charge on any atom is 0.335 e. The summed E-state index contributed by atoms with van der Waals surface area (Å²) < 4.78 is 0. The van der Waals surface area contributed by atoms with Crippen molar-refractivity contribution in [2.75, 3.05) is 0 Å². The average Bonchev–Trinajstić information content (AvgIpc) is 3.18. The minimum absolute atomic E-state index is 0.207. The summed E-state index contributed by atoms with van der Waals surface area (Å²) in [6.07, 6.45) is 7.63. The molecule has 1 N–H and O–H groups in total. The van der Waals surface area contributed by atoms with Gasteiger partial charge in [0.15, 0.2) is 0 Å². The molecule has 6 atom stereocenters. The SMILES string of the molecule is CC1(C)C2CCC1(C)C(c1ccc(C(=O)O)c(C3CC4CCC3(C)C4(C)C)c1)C2. The molecule has 29 heavy (non-hydrogen) atoms. The van der Waals surface area contributed by atoms with E-state index in [4.69, 9.17) is 0 Å². The van der Waals surface area contributed by atoms with Crippen LogP contribution in [0, 0.1) is 33.5 Å². The fourth-order valence-corrected chi connectivity index (χ4v) is 8.66. The Morgan fingerprint density at radius 2 is 1.38 bits per heavy atom. The van der Waals surface area contributed by atoms with Crippen LogP contribution < -0.4 is 0 Å². The minimum Gasteiger partial charge on any atom is -0.478 e. The summed E-state index contributed by atoms with van der Waals surface area (Å²) >= 11 is 0. The van der Waals surface area contributed by atoms with E-state index in [1.165, 1.54) is 37.7 Å². The highest BCUT2D eigenvalue weighted by molar-refractivity contribution is 5.90. The second kappa shape index (κ2) is 5.68. The Morgan fingerprint density at radius 3 is 1.79 bits per heavy atom. The highest BCUT2D eigenvalue weighted by atomic mass is 16.4. The number of carboxylic acids is 1. The van der Waals surface area contributed by atoms with Gasteiger partial charge in [0.25, 0.3) is 0 Å². The van der Waals surface area contributed by atoms with E-state index in [0.29, 0.717) is 33.6 Å². The summed E-state index contributed by atoms with van der Waals surface area (Å²) in [5.41, 5.74) is 4.31. The molecular formula is C27H38O2. The molecule has 4 aliphatic rings. The van der Waals surface area contributed by atoms with Crippen LogP contribution in [0.1, 0.15) is 113 Å². The van der Waals surface area contributed by atoms with Crippen LogP contribution >= 0.6 is 0 Å². The summed E-state index contributed by atoms with van der Waals surface area (Å²) in [6, 6.07) is 6.45. The van der Waals surface area contributed by atoms with E-state index in [9.17, 15) is 9.90 Å². The summed E-state index contributed by atoms with van der Waals surface area (Å²) in [7, 11) is 0. The number of aromatic carboxylic acids is 1. The van der Waals surface area contributed by atoms with Gasteiger partial charge < -0.3 is 5.11 Å². The van der Waals surface area contributed by atoms with Crippen molar-refractivity contribution >= 4 is 5.97 Å². The molecule has 5 rings (SSSR count). The lowest BCUT2D eigenvalue weighted by Crippen LogP contribution is -2.32. The third-order valence-electron chi connectivity index (χ3n) is 11.7. The molecule has 2 nitrogen and oxygen atoms in total. The molecule has 1 aromatic carbocycles. The zero-order valence-corrected chi connectivity index (χ0v) is 19.1.